The lowest BCUT2D eigenvalue weighted by Crippen LogP contribution is -2.62. The fourth-order valence-electron chi connectivity index (χ4n) is 3.25. The minimum atomic E-state index is -6.72. The van der Waals surface area contributed by atoms with Gasteiger partial charge in [-0.3, -0.25) is 0 Å². The number of hydrogen-bond acceptors (Lipinski definition) is 7. The van der Waals surface area contributed by atoms with E-state index >= 15 is 0 Å². The van der Waals surface area contributed by atoms with Crippen molar-refractivity contribution in [2.75, 3.05) is 47.1 Å². The van der Waals surface area contributed by atoms with Gasteiger partial charge in [-0.25, -0.2) is 16.8 Å². The van der Waals surface area contributed by atoms with Crippen LogP contribution in [-0.4, -0.2) is 88.3 Å². The summed E-state index contributed by atoms with van der Waals surface area (Å²) >= 11 is 0. The fraction of sp³-hybridized carbons (Fsp3) is 1.00. The van der Waals surface area contributed by atoms with Gasteiger partial charge < -0.3 is 21.9 Å². The monoisotopic (exact) mass is 542 g/mol. The van der Waals surface area contributed by atoms with Crippen molar-refractivity contribution in [1.29, 1.82) is 0 Å². The Morgan fingerprint density at radius 2 is 1.19 bits per heavy atom. The molecule has 0 aromatic heterocycles. The van der Waals surface area contributed by atoms with E-state index in [-0.39, 0.29) is 0 Å². The normalized spacial score (nSPS) is 17.9. The van der Waals surface area contributed by atoms with Gasteiger partial charge >= 0.3 is 19.8 Å². The van der Waals surface area contributed by atoms with E-state index in [1.807, 2.05) is 0 Å². The minimum Gasteiger partial charge on any atom is -0.421 e. The Morgan fingerprint density at radius 3 is 1.44 bits per heavy atom. The molecule has 0 aromatic carbocycles. The van der Waals surface area contributed by atoms with Crippen LogP contribution in [0.5, 0.6) is 0 Å². The molecule has 0 atom stereocenters. The van der Waals surface area contributed by atoms with E-state index in [1.54, 1.807) is 21.3 Å². The van der Waals surface area contributed by atoms with Crippen LogP contribution >= 0.6 is 0 Å². The molecule has 0 spiro atoms. The molecule has 194 valence electrons. The highest BCUT2D eigenvalue weighted by molar-refractivity contribution is 8.13. The first-order valence-corrected chi connectivity index (χ1v) is 13.9. The number of quaternary nitrogens is 1. The molecule has 0 radical (unpaired) electrons. The average Bonchev–Trinajstić information content (AvgIpc) is 3.05. The van der Waals surface area contributed by atoms with Crippen LogP contribution in [0.2, 0.25) is 0 Å². The maximum absolute atomic E-state index is 11.4. The molecule has 1 saturated heterocycles. The second kappa shape index (κ2) is 11.3. The fourth-order valence-corrected chi connectivity index (χ4v) is 7.12. The number of likely N-dealkylation sites (tertiary alicyclic amines) is 1. The topological polar surface area (TPSA) is 110 Å². The first-order valence-electron chi connectivity index (χ1n) is 9.09. The summed E-state index contributed by atoms with van der Waals surface area (Å²) in [4.78, 5) is 0. The van der Waals surface area contributed by atoms with E-state index in [2.05, 4.69) is 13.8 Å². The van der Waals surface area contributed by atoms with Crippen molar-refractivity contribution in [3.8, 4) is 0 Å². The van der Waals surface area contributed by atoms with Gasteiger partial charge in [-0.1, -0.05) is 13.8 Å². The summed E-state index contributed by atoms with van der Waals surface area (Å²) in [5.74, 6) is 0.699. The van der Waals surface area contributed by atoms with Crippen LogP contribution in [0.4, 0.5) is 26.3 Å². The molecule has 1 heterocycles. The second-order valence-electron chi connectivity index (χ2n) is 7.44. The predicted molar refractivity (Wildman–Crippen MR) is 104 cm³/mol. The van der Waals surface area contributed by atoms with E-state index in [9.17, 15) is 43.2 Å². The zero-order valence-electron chi connectivity index (χ0n) is 18.2. The molecule has 0 N–H and O–H groups in total. The summed E-state index contributed by atoms with van der Waals surface area (Å²) in [5.41, 5.74) is -12.4. The Labute approximate surface area is 185 Å². The van der Waals surface area contributed by atoms with Gasteiger partial charge in [0.25, 0.3) is 0 Å². The highest BCUT2D eigenvalue weighted by Gasteiger charge is 2.50. The van der Waals surface area contributed by atoms with Crippen molar-refractivity contribution in [3.05, 3.63) is 4.13 Å². The van der Waals surface area contributed by atoms with Crippen LogP contribution in [0.15, 0.2) is 0 Å². The second-order valence-corrected chi connectivity index (χ2v) is 13.8. The first kappa shape index (κ1) is 31.5. The molecular weight excluding hydrogens is 514 g/mol. The lowest BCUT2D eigenvalue weighted by atomic mass is 10.2. The van der Waals surface area contributed by atoms with Crippen LogP contribution in [-0.2, 0) is 33.3 Å². The molecular formula is C14H28F6N2O7S2Si. The van der Waals surface area contributed by atoms with Gasteiger partial charge in [-0.05, 0) is 0 Å². The Morgan fingerprint density at radius 1 is 0.844 bits per heavy atom. The zero-order chi connectivity index (χ0) is 25.6. The Bertz CT molecular complexity index is 743. The lowest BCUT2D eigenvalue weighted by Gasteiger charge is -2.40. The molecule has 32 heavy (non-hydrogen) atoms. The van der Waals surface area contributed by atoms with Crippen molar-refractivity contribution in [2.24, 2.45) is 5.92 Å². The third kappa shape index (κ3) is 8.69. The summed E-state index contributed by atoms with van der Waals surface area (Å²) < 4.78 is 127. The number of alkyl halides is 6. The molecule has 0 bridgehead atoms. The van der Waals surface area contributed by atoms with E-state index in [1.165, 1.54) is 32.5 Å². The lowest BCUT2D eigenvalue weighted by molar-refractivity contribution is -0.912. The third-order valence-electron chi connectivity index (χ3n) is 4.51. The molecule has 1 fully saturated rings. The highest BCUT2D eigenvalue weighted by atomic mass is 32.3. The largest absolute Gasteiger partial charge is 0.558 e. The molecule has 1 aliphatic heterocycles. The third-order valence-corrected chi connectivity index (χ3v) is 10.2. The molecule has 1 aliphatic rings. The van der Waals surface area contributed by atoms with E-state index in [0.717, 1.165) is 14.8 Å². The molecule has 9 nitrogen and oxygen atoms in total. The van der Waals surface area contributed by atoms with Gasteiger partial charge in [0, 0.05) is 40.1 Å². The molecule has 0 unspecified atom stereocenters. The number of rotatable bonds is 9. The highest BCUT2D eigenvalue weighted by Crippen LogP contribution is 2.36. The van der Waals surface area contributed by atoms with Crippen molar-refractivity contribution in [2.45, 2.75) is 37.7 Å². The van der Waals surface area contributed by atoms with Gasteiger partial charge in [0.05, 0.1) is 19.6 Å². The first-order chi connectivity index (χ1) is 14.2. The molecule has 18 heteroatoms. The number of hydrogen-bond donors (Lipinski definition) is 0. The van der Waals surface area contributed by atoms with Gasteiger partial charge in [0.1, 0.15) is 6.17 Å². The van der Waals surface area contributed by atoms with Gasteiger partial charge in [0.2, 0.25) is 0 Å². The summed E-state index contributed by atoms with van der Waals surface area (Å²) in [5, 5.41) is 0. The van der Waals surface area contributed by atoms with Crippen LogP contribution in [0, 0.1) is 5.92 Å². The summed E-state index contributed by atoms with van der Waals surface area (Å²) in [6.45, 7) is 8.25. The molecule has 0 saturated carbocycles. The summed E-state index contributed by atoms with van der Waals surface area (Å²) in [7, 11) is -10.8. The molecule has 0 amide bonds. The van der Waals surface area contributed by atoms with Crippen molar-refractivity contribution >= 4 is 28.9 Å². The van der Waals surface area contributed by atoms with E-state index in [0.29, 0.717) is 5.92 Å². The number of nitrogens with zero attached hydrogens (tertiary/aromatic N) is 2. The summed E-state index contributed by atoms with van der Waals surface area (Å²) in [6.07, 6.45) is 3.54. The average molecular weight is 543 g/mol. The number of halogens is 6. The van der Waals surface area contributed by atoms with Crippen LogP contribution in [0.1, 0.15) is 26.7 Å². The Kier molecular flexibility index (Phi) is 11.1. The van der Waals surface area contributed by atoms with Crippen LogP contribution < -0.4 is 0 Å². The van der Waals surface area contributed by atoms with E-state index in [4.69, 9.17) is 13.3 Å². The Balaban J connectivity index is 0.000000607. The molecule has 1 rings (SSSR count). The maximum atomic E-state index is 11.4. The minimum absolute atomic E-state index is 0.699. The quantitative estimate of drug-likeness (QED) is 0.250. The standard InChI is InChI=1S/C12H28NO3Si.C2F6NO4S2/c1-12(2)10-13(8-6-7-9-13)11-17(14-3,15-4)16-5;3-1(4,5)14(10,11)9-15(12,13)2(6,7)8/h12H,6-11H2,1-5H3;/q+1;-1. The van der Waals surface area contributed by atoms with Crippen LogP contribution in [0.25, 0.3) is 4.13 Å². The van der Waals surface area contributed by atoms with E-state index < -0.39 is 39.9 Å². The molecule has 0 aliphatic carbocycles. The zero-order valence-corrected chi connectivity index (χ0v) is 20.8. The van der Waals surface area contributed by atoms with Crippen LogP contribution in [0.3, 0.4) is 0 Å². The van der Waals surface area contributed by atoms with Crippen molar-refractivity contribution in [3.63, 3.8) is 0 Å². The van der Waals surface area contributed by atoms with Crippen molar-refractivity contribution in [1.82, 2.24) is 0 Å². The maximum Gasteiger partial charge on any atom is 0.558 e. The Hall–Kier alpha value is -0.503. The predicted octanol–water partition coefficient (Wildman–Crippen LogP) is 2.73. The number of sulfonamides is 2. The van der Waals surface area contributed by atoms with Crippen molar-refractivity contribution < 1.29 is 60.9 Å². The van der Waals surface area contributed by atoms with Gasteiger partial charge in [0.15, 0.2) is 20.0 Å². The van der Waals surface area contributed by atoms with Gasteiger partial charge in [-0.15, -0.1) is 0 Å². The van der Waals surface area contributed by atoms with Gasteiger partial charge in [-0.2, -0.15) is 26.3 Å². The molecule has 0 aromatic rings. The summed E-state index contributed by atoms with van der Waals surface area (Å²) in [6, 6.07) is 0. The SMILES string of the molecule is CO[Si](C[N+]1(CC(C)C)CCCC1)(OC)OC.O=S(=O)([N-]S(=O)(=O)C(F)(F)F)C(F)(F)F. The smallest absolute Gasteiger partial charge is 0.421 e.